The smallest absolute Gasteiger partial charge is 0.0163 e. The third-order valence-corrected chi connectivity index (χ3v) is 2.54. The molecule has 2 nitrogen and oxygen atoms in total. The molecule has 2 heteroatoms. The molecule has 0 radical (unpaired) electrons. The largest absolute Gasteiger partial charge is 0.327 e. The molecule has 0 saturated carbocycles. The summed E-state index contributed by atoms with van der Waals surface area (Å²) in [7, 11) is 0. The van der Waals surface area contributed by atoms with Crippen LogP contribution in [0.25, 0.3) is 0 Å². The zero-order valence-electron chi connectivity index (χ0n) is 8.00. The Hall–Kier alpha value is -0.340. The number of nitrogens with zero attached hydrogens (tertiary/aromatic N) is 1. The van der Waals surface area contributed by atoms with E-state index in [0.29, 0.717) is 6.54 Å². The van der Waals surface area contributed by atoms with Gasteiger partial charge in [-0.2, -0.15) is 0 Å². The van der Waals surface area contributed by atoms with Gasteiger partial charge >= 0.3 is 0 Å². The van der Waals surface area contributed by atoms with Crippen LogP contribution >= 0.6 is 0 Å². The van der Waals surface area contributed by atoms with Gasteiger partial charge in [0.15, 0.2) is 0 Å². The Morgan fingerprint density at radius 3 is 2.58 bits per heavy atom. The topological polar surface area (TPSA) is 29.3 Å². The molecule has 0 amide bonds. The minimum atomic E-state index is 0.671. The average Bonchev–Trinajstić information content (AvgIpc) is 2.09. The summed E-state index contributed by atoms with van der Waals surface area (Å²) in [4.78, 5) is 2.49. The van der Waals surface area contributed by atoms with E-state index in [1.807, 2.05) is 6.08 Å². The third kappa shape index (κ3) is 3.37. The molecule has 1 fully saturated rings. The standard InChI is InChI=1S/C10H20N2/c1-10-4-8-12(9-5-10)7-3-2-6-11/h2-3,10H,4-9,11H2,1H3. The van der Waals surface area contributed by atoms with E-state index in [0.717, 1.165) is 12.5 Å². The maximum atomic E-state index is 5.36. The Kier molecular flexibility index (Phi) is 4.33. The minimum absolute atomic E-state index is 0.671. The summed E-state index contributed by atoms with van der Waals surface area (Å²) in [5, 5.41) is 0. The first-order valence-electron chi connectivity index (χ1n) is 4.90. The van der Waals surface area contributed by atoms with Crippen LogP contribution in [0.4, 0.5) is 0 Å². The van der Waals surface area contributed by atoms with Gasteiger partial charge in [-0.15, -0.1) is 0 Å². The first-order chi connectivity index (χ1) is 5.83. The average molecular weight is 168 g/mol. The fourth-order valence-electron chi connectivity index (χ4n) is 1.56. The molecule has 0 atom stereocenters. The van der Waals surface area contributed by atoms with Crippen LogP contribution in [-0.2, 0) is 0 Å². The van der Waals surface area contributed by atoms with Crippen molar-refractivity contribution in [2.75, 3.05) is 26.2 Å². The van der Waals surface area contributed by atoms with Gasteiger partial charge in [0.2, 0.25) is 0 Å². The molecule has 1 aliphatic rings. The second kappa shape index (κ2) is 5.33. The highest BCUT2D eigenvalue weighted by atomic mass is 15.1. The van der Waals surface area contributed by atoms with E-state index in [1.165, 1.54) is 25.9 Å². The highest BCUT2D eigenvalue weighted by molar-refractivity contribution is 4.86. The molecule has 1 rings (SSSR count). The SMILES string of the molecule is CC1CCN(CC=CCN)CC1. The summed E-state index contributed by atoms with van der Waals surface area (Å²) in [6.07, 6.45) is 6.93. The van der Waals surface area contributed by atoms with Gasteiger partial charge < -0.3 is 5.73 Å². The fourth-order valence-corrected chi connectivity index (χ4v) is 1.56. The van der Waals surface area contributed by atoms with E-state index in [1.54, 1.807) is 0 Å². The molecular weight excluding hydrogens is 148 g/mol. The summed E-state index contributed by atoms with van der Waals surface area (Å²) in [6, 6.07) is 0. The Labute approximate surface area is 75.4 Å². The first kappa shape index (κ1) is 9.75. The van der Waals surface area contributed by atoms with Crippen LogP contribution in [0, 0.1) is 5.92 Å². The van der Waals surface area contributed by atoms with Crippen molar-refractivity contribution in [3.63, 3.8) is 0 Å². The number of rotatable bonds is 3. The number of hydrogen-bond acceptors (Lipinski definition) is 2. The van der Waals surface area contributed by atoms with Crippen molar-refractivity contribution in [3.05, 3.63) is 12.2 Å². The molecule has 0 aliphatic carbocycles. The van der Waals surface area contributed by atoms with Gasteiger partial charge in [0.25, 0.3) is 0 Å². The Balaban J connectivity index is 2.13. The molecule has 0 spiro atoms. The van der Waals surface area contributed by atoms with Crippen molar-refractivity contribution in [2.45, 2.75) is 19.8 Å². The van der Waals surface area contributed by atoms with Gasteiger partial charge in [0.05, 0.1) is 0 Å². The molecule has 2 N–H and O–H groups in total. The summed E-state index contributed by atoms with van der Waals surface area (Å²) >= 11 is 0. The van der Waals surface area contributed by atoms with Crippen LogP contribution in [0.15, 0.2) is 12.2 Å². The van der Waals surface area contributed by atoms with E-state index in [-0.39, 0.29) is 0 Å². The predicted octanol–water partition coefficient (Wildman–Crippen LogP) is 1.23. The van der Waals surface area contributed by atoms with Gasteiger partial charge in [-0.1, -0.05) is 19.1 Å². The molecule has 1 heterocycles. The lowest BCUT2D eigenvalue weighted by molar-refractivity contribution is 0.210. The monoisotopic (exact) mass is 168 g/mol. The minimum Gasteiger partial charge on any atom is -0.327 e. The van der Waals surface area contributed by atoms with Crippen molar-refractivity contribution < 1.29 is 0 Å². The predicted molar refractivity (Wildman–Crippen MR) is 53.0 cm³/mol. The zero-order chi connectivity index (χ0) is 8.81. The second-order valence-electron chi connectivity index (χ2n) is 3.69. The van der Waals surface area contributed by atoms with Crippen LogP contribution in [0.5, 0.6) is 0 Å². The van der Waals surface area contributed by atoms with Crippen LogP contribution in [0.1, 0.15) is 19.8 Å². The van der Waals surface area contributed by atoms with Crippen molar-refractivity contribution in [2.24, 2.45) is 11.7 Å². The number of piperidine rings is 1. The maximum Gasteiger partial charge on any atom is 0.0163 e. The summed E-state index contributed by atoms with van der Waals surface area (Å²) in [5.41, 5.74) is 5.36. The molecule has 0 aromatic carbocycles. The molecule has 0 aromatic heterocycles. The summed E-state index contributed by atoms with van der Waals surface area (Å²) in [5.74, 6) is 0.930. The fraction of sp³-hybridized carbons (Fsp3) is 0.800. The highest BCUT2D eigenvalue weighted by Crippen LogP contribution is 2.15. The summed E-state index contributed by atoms with van der Waals surface area (Å²) < 4.78 is 0. The molecule has 12 heavy (non-hydrogen) atoms. The van der Waals surface area contributed by atoms with Crippen molar-refractivity contribution >= 4 is 0 Å². The van der Waals surface area contributed by atoms with E-state index in [4.69, 9.17) is 5.73 Å². The molecular formula is C10H20N2. The van der Waals surface area contributed by atoms with Gasteiger partial charge in [-0.05, 0) is 31.8 Å². The number of likely N-dealkylation sites (tertiary alicyclic amines) is 1. The van der Waals surface area contributed by atoms with Crippen LogP contribution in [-0.4, -0.2) is 31.1 Å². The lowest BCUT2D eigenvalue weighted by atomic mass is 9.99. The van der Waals surface area contributed by atoms with E-state index >= 15 is 0 Å². The zero-order valence-corrected chi connectivity index (χ0v) is 8.00. The summed E-state index contributed by atoms with van der Waals surface area (Å²) in [6.45, 7) is 6.62. The molecule has 0 aromatic rings. The number of nitrogens with two attached hydrogens (primary N) is 1. The normalized spacial score (nSPS) is 22.2. The van der Waals surface area contributed by atoms with Crippen LogP contribution in [0.3, 0.4) is 0 Å². The Morgan fingerprint density at radius 2 is 2.00 bits per heavy atom. The third-order valence-electron chi connectivity index (χ3n) is 2.54. The van der Waals surface area contributed by atoms with Crippen molar-refractivity contribution in [3.8, 4) is 0 Å². The molecule has 0 bridgehead atoms. The lowest BCUT2D eigenvalue weighted by Crippen LogP contribution is -2.32. The molecule has 0 unspecified atom stereocenters. The Morgan fingerprint density at radius 1 is 1.33 bits per heavy atom. The van der Waals surface area contributed by atoms with Gasteiger partial charge in [0, 0.05) is 13.1 Å². The number of hydrogen-bond donors (Lipinski definition) is 1. The first-order valence-corrected chi connectivity index (χ1v) is 4.90. The van der Waals surface area contributed by atoms with Gasteiger partial charge in [-0.3, -0.25) is 4.90 Å². The van der Waals surface area contributed by atoms with E-state index in [9.17, 15) is 0 Å². The van der Waals surface area contributed by atoms with Gasteiger partial charge in [-0.25, -0.2) is 0 Å². The van der Waals surface area contributed by atoms with Crippen molar-refractivity contribution in [1.29, 1.82) is 0 Å². The lowest BCUT2D eigenvalue weighted by Gasteiger charge is -2.29. The van der Waals surface area contributed by atoms with E-state index in [2.05, 4.69) is 17.9 Å². The molecule has 1 saturated heterocycles. The maximum absolute atomic E-state index is 5.36. The van der Waals surface area contributed by atoms with E-state index < -0.39 is 0 Å². The molecule has 1 aliphatic heterocycles. The highest BCUT2D eigenvalue weighted by Gasteiger charge is 2.13. The van der Waals surface area contributed by atoms with Crippen molar-refractivity contribution in [1.82, 2.24) is 4.90 Å². The Bertz CT molecular complexity index is 135. The van der Waals surface area contributed by atoms with Crippen LogP contribution < -0.4 is 5.73 Å². The molecule has 70 valence electrons. The van der Waals surface area contributed by atoms with Gasteiger partial charge in [0.1, 0.15) is 0 Å². The van der Waals surface area contributed by atoms with Crippen LogP contribution in [0.2, 0.25) is 0 Å². The second-order valence-corrected chi connectivity index (χ2v) is 3.69. The quantitative estimate of drug-likeness (QED) is 0.642.